The number of aromatic nitrogens is 1. The summed E-state index contributed by atoms with van der Waals surface area (Å²) in [7, 11) is 0. The first-order valence-corrected chi connectivity index (χ1v) is 6.30. The summed E-state index contributed by atoms with van der Waals surface area (Å²) in [6, 6.07) is 10.6. The average Bonchev–Trinajstić information content (AvgIpc) is 2.27. The lowest BCUT2D eigenvalue weighted by molar-refractivity contribution is 0.710. The molecule has 1 atom stereocenters. The standard InChI is InChI=1S/C16H20N2/c1-11-7-12(2)9-14(8-11)10-16(17)15-5-4-6-18-13(15)3/h4-9,16H,10,17H2,1-3H3. The van der Waals surface area contributed by atoms with E-state index in [9.17, 15) is 0 Å². The number of rotatable bonds is 3. The van der Waals surface area contributed by atoms with Gasteiger partial charge < -0.3 is 5.73 Å². The quantitative estimate of drug-likeness (QED) is 0.894. The second-order valence-electron chi connectivity index (χ2n) is 4.98. The van der Waals surface area contributed by atoms with Gasteiger partial charge in [0.2, 0.25) is 0 Å². The van der Waals surface area contributed by atoms with E-state index in [1.165, 1.54) is 16.7 Å². The van der Waals surface area contributed by atoms with E-state index in [0.29, 0.717) is 0 Å². The molecular formula is C16H20N2. The van der Waals surface area contributed by atoms with Crippen LogP contribution >= 0.6 is 0 Å². The van der Waals surface area contributed by atoms with Crippen molar-refractivity contribution in [2.75, 3.05) is 0 Å². The number of aryl methyl sites for hydroxylation is 3. The molecule has 0 aliphatic carbocycles. The highest BCUT2D eigenvalue weighted by atomic mass is 14.7. The molecule has 2 aromatic rings. The largest absolute Gasteiger partial charge is 0.324 e. The number of benzene rings is 1. The lowest BCUT2D eigenvalue weighted by Gasteiger charge is -2.15. The molecule has 0 aliphatic heterocycles. The molecule has 1 unspecified atom stereocenters. The van der Waals surface area contributed by atoms with Gasteiger partial charge in [-0.3, -0.25) is 4.98 Å². The Morgan fingerprint density at radius 2 is 1.78 bits per heavy atom. The van der Waals surface area contributed by atoms with E-state index in [4.69, 9.17) is 5.73 Å². The molecule has 0 aliphatic rings. The molecule has 0 saturated heterocycles. The predicted molar refractivity (Wildman–Crippen MR) is 75.5 cm³/mol. The Morgan fingerprint density at radius 1 is 1.11 bits per heavy atom. The molecule has 0 radical (unpaired) electrons. The van der Waals surface area contributed by atoms with Crippen LogP contribution < -0.4 is 5.73 Å². The molecule has 2 N–H and O–H groups in total. The molecule has 1 heterocycles. The molecular weight excluding hydrogens is 220 g/mol. The van der Waals surface area contributed by atoms with Crippen LogP contribution in [-0.4, -0.2) is 4.98 Å². The van der Waals surface area contributed by atoms with Crippen molar-refractivity contribution in [2.24, 2.45) is 5.73 Å². The number of hydrogen-bond acceptors (Lipinski definition) is 2. The maximum absolute atomic E-state index is 6.29. The zero-order valence-electron chi connectivity index (χ0n) is 11.3. The molecule has 2 rings (SSSR count). The molecule has 0 amide bonds. The summed E-state index contributed by atoms with van der Waals surface area (Å²) in [6.45, 7) is 6.26. The Morgan fingerprint density at radius 3 is 2.39 bits per heavy atom. The van der Waals surface area contributed by atoms with Crippen LogP contribution in [0, 0.1) is 20.8 Å². The fraction of sp³-hybridized carbons (Fsp3) is 0.312. The van der Waals surface area contributed by atoms with Gasteiger partial charge in [-0.15, -0.1) is 0 Å². The van der Waals surface area contributed by atoms with Gasteiger partial charge in [-0.05, 0) is 44.4 Å². The summed E-state index contributed by atoms with van der Waals surface area (Å²) >= 11 is 0. The molecule has 0 saturated carbocycles. The first kappa shape index (κ1) is 12.8. The van der Waals surface area contributed by atoms with E-state index in [1.807, 2.05) is 19.2 Å². The Balaban J connectivity index is 2.21. The third kappa shape index (κ3) is 2.96. The number of hydrogen-bond donors (Lipinski definition) is 1. The zero-order valence-corrected chi connectivity index (χ0v) is 11.3. The minimum absolute atomic E-state index is 0.0138. The minimum Gasteiger partial charge on any atom is -0.324 e. The highest BCUT2D eigenvalue weighted by Gasteiger charge is 2.10. The highest BCUT2D eigenvalue weighted by molar-refractivity contribution is 5.31. The van der Waals surface area contributed by atoms with Gasteiger partial charge in [0, 0.05) is 17.9 Å². The van der Waals surface area contributed by atoms with Crippen LogP contribution in [0.5, 0.6) is 0 Å². The van der Waals surface area contributed by atoms with Crippen LogP contribution in [0.3, 0.4) is 0 Å². The van der Waals surface area contributed by atoms with Crippen molar-refractivity contribution in [3.05, 3.63) is 64.5 Å². The summed E-state index contributed by atoms with van der Waals surface area (Å²) in [5.74, 6) is 0. The Labute approximate surface area is 109 Å². The SMILES string of the molecule is Cc1cc(C)cc(CC(N)c2cccnc2C)c1. The van der Waals surface area contributed by atoms with Crippen LogP contribution in [-0.2, 0) is 6.42 Å². The van der Waals surface area contributed by atoms with Gasteiger partial charge in [0.1, 0.15) is 0 Å². The zero-order chi connectivity index (χ0) is 13.1. The lowest BCUT2D eigenvalue weighted by atomic mass is 9.96. The molecule has 2 heteroatoms. The summed E-state index contributed by atoms with van der Waals surface area (Å²) in [5.41, 5.74) is 12.3. The third-order valence-corrected chi connectivity index (χ3v) is 3.18. The van der Waals surface area contributed by atoms with Gasteiger partial charge in [0.05, 0.1) is 0 Å². The number of pyridine rings is 1. The van der Waals surface area contributed by atoms with Crippen molar-refractivity contribution in [3.63, 3.8) is 0 Å². The number of nitrogens with zero attached hydrogens (tertiary/aromatic N) is 1. The van der Waals surface area contributed by atoms with Crippen molar-refractivity contribution in [3.8, 4) is 0 Å². The minimum atomic E-state index is 0.0138. The van der Waals surface area contributed by atoms with Crippen LogP contribution in [0.15, 0.2) is 36.5 Å². The van der Waals surface area contributed by atoms with Gasteiger partial charge in [0.15, 0.2) is 0 Å². The van der Waals surface area contributed by atoms with E-state index in [2.05, 4.69) is 43.1 Å². The second-order valence-corrected chi connectivity index (χ2v) is 4.98. The van der Waals surface area contributed by atoms with E-state index in [0.717, 1.165) is 17.7 Å². The molecule has 1 aromatic heterocycles. The second kappa shape index (κ2) is 5.32. The van der Waals surface area contributed by atoms with E-state index in [1.54, 1.807) is 0 Å². The van der Waals surface area contributed by atoms with Gasteiger partial charge in [-0.25, -0.2) is 0 Å². The van der Waals surface area contributed by atoms with Crippen LogP contribution in [0.2, 0.25) is 0 Å². The Kier molecular flexibility index (Phi) is 3.78. The van der Waals surface area contributed by atoms with Crippen molar-refractivity contribution in [1.29, 1.82) is 0 Å². The Bertz CT molecular complexity index is 526. The van der Waals surface area contributed by atoms with Crippen LogP contribution in [0.4, 0.5) is 0 Å². The fourth-order valence-corrected chi connectivity index (χ4v) is 2.44. The van der Waals surface area contributed by atoms with Gasteiger partial charge >= 0.3 is 0 Å². The molecule has 18 heavy (non-hydrogen) atoms. The van der Waals surface area contributed by atoms with Crippen LogP contribution in [0.1, 0.15) is 34.0 Å². The summed E-state index contributed by atoms with van der Waals surface area (Å²) in [4.78, 5) is 4.30. The van der Waals surface area contributed by atoms with Crippen molar-refractivity contribution < 1.29 is 0 Å². The maximum Gasteiger partial charge on any atom is 0.0420 e. The van der Waals surface area contributed by atoms with Gasteiger partial charge in [-0.1, -0.05) is 35.4 Å². The first-order chi connectivity index (χ1) is 8.56. The third-order valence-electron chi connectivity index (χ3n) is 3.18. The smallest absolute Gasteiger partial charge is 0.0420 e. The van der Waals surface area contributed by atoms with E-state index >= 15 is 0 Å². The van der Waals surface area contributed by atoms with E-state index < -0.39 is 0 Å². The first-order valence-electron chi connectivity index (χ1n) is 6.30. The summed E-state index contributed by atoms with van der Waals surface area (Å²) < 4.78 is 0. The van der Waals surface area contributed by atoms with Gasteiger partial charge in [0.25, 0.3) is 0 Å². The Hall–Kier alpha value is -1.67. The molecule has 0 fully saturated rings. The normalized spacial score (nSPS) is 12.4. The highest BCUT2D eigenvalue weighted by Crippen LogP contribution is 2.19. The number of nitrogens with two attached hydrogens (primary N) is 1. The molecule has 2 nitrogen and oxygen atoms in total. The summed E-state index contributed by atoms with van der Waals surface area (Å²) in [5, 5.41) is 0. The monoisotopic (exact) mass is 240 g/mol. The molecule has 1 aromatic carbocycles. The molecule has 0 bridgehead atoms. The maximum atomic E-state index is 6.29. The lowest BCUT2D eigenvalue weighted by Crippen LogP contribution is -2.15. The summed E-state index contributed by atoms with van der Waals surface area (Å²) in [6.07, 6.45) is 2.66. The topological polar surface area (TPSA) is 38.9 Å². The fourth-order valence-electron chi connectivity index (χ4n) is 2.44. The van der Waals surface area contributed by atoms with Crippen LogP contribution in [0.25, 0.3) is 0 Å². The van der Waals surface area contributed by atoms with Crippen molar-refractivity contribution in [1.82, 2.24) is 4.98 Å². The molecule has 0 spiro atoms. The van der Waals surface area contributed by atoms with Crippen molar-refractivity contribution in [2.45, 2.75) is 33.2 Å². The average molecular weight is 240 g/mol. The van der Waals surface area contributed by atoms with Crippen molar-refractivity contribution >= 4 is 0 Å². The van der Waals surface area contributed by atoms with Gasteiger partial charge in [-0.2, -0.15) is 0 Å². The van der Waals surface area contributed by atoms with E-state index in [-0.39, 0.29) is 6.04 Å². The molecule has 94 valence electrons. The predicted octanol–water partition coefficient (Wildman–Crippen LogP) is 3.25.